The normalized spacial score (nSPS) is 14.8. The standard InChI is InChI=1S/C19H18N6O3/c26-18(14-10-21-15(11-20-14)19(27)28)25-8-6-13(7-9-25)17-22-16(23-24-17)12-4-2-1-3-5-12/h1-5,10-11,13H,6-9H2,(H,27,28)(H,22,23,24). The van der Waals surface area contributed by atoms with Gasteiger partial charge in [-0.1, -0.05) is 30.3 Å². The summed E-state index contributed by atoms with van der Waals surface area (Å²) in [6, 6.07) is 9.77. The molecule has 0 aliphatic carbocycles. The predicted octanol–water partition coefficient (Wildman–Crippen LogP) is 1.98. The van der Waals surface area contributed by atoms with Crippen molar-refractivity contribution in [3.05, 3.63) is 59.9 Å². The van der Waals surface area contributed by atoms with Crippen LogP contribution in [0.3, 0.4) is 0 Å². The number of hydrogen-bond donors (Lipinski definition) is 2. The van der Waals surface area contributed by atoms with Gasteiger partial charge in [-0.3, -0.25) is 9.89 Å². The van der Waals surface area contributed by atoms with Crippen molar-refractivity contribution in [2.24, 2.45) is 0 Å². The second-order valence-corrected chi connectivity index (χ2v) is 6.57. The SMILES string of the molecule is O=C(O)c1cnc(C(=O)N2CCC(c3nc(-c4ccccc4)n[nH]3)CC2)cn1. The number of aromatic carboxylic acids is 1. The average molecular weight is 378 g/mol. The van der Waals surface area contributed by atoms with Crippen molar-refractivity contribution in [2.45, 2.75) is 18.8 Å². The van der Waals surface area contributed by atoms with Crippen molar-refractivity contribution >= 4 is 11.9 Å². The van der Waals surface area contributed by atoms with Crippen LogP contribution in [-0.4, -0.2) is 60.1 Å². The molecule has 0 atom stereocenters. The highest BCUT2D eigenvalue weighted by Gasteiger charge is 2.27. The van der Waals surface area contributed by atoms with Crippen molar-refractivity contribution in [3.8, 4) is 11.4 Å². The molecule has 2 N–H and O–H groups in total. The van der Waals surface area contributed by atoms with Crippen LogP contribution < -0.4 is 0 Å². The van der Waals surface area contributed by atoms with Gasteiger partial charge in [0.25, 0.3) is 5.91 Å². The van der Waals surface area contributed by atoms with Crippen LogP contribution in [0.1, 0.15) is 45.6 Å². The maximum atomic E-state index is 12.6. The van der Waals surface area contributed by atoms with Crippen molar-refractivity contribution in [1.82, 2.24) is 30.0 Å². The van der Waals surface area contributed by atoms with E-state index in [0.717, 1.165) is 30.4 Å². The molecule has 0 bridgehead atoms. The molecule has 0 saturated carbocycles. The van der Waals surface area contributed by atoms with E-state index in [1.807, 2.05) is 30.3 Å². The Morgan fingerprint density at radius 2 is 1.71 bits per heavy atom. The Kier molecular flexibility index (Phi) is 4.79. The third-order valence-corrected chi connectivity index (χ3v) is 4.79. The fraction of sp³-hybridized carbons (Fsp3) is 0.263. The second kappa shape index (κ2) is 7.55. The van der Waals surface area contributed by atoms with E-state index in [-0.39, 0.29) is 23.2 Å². The van der Waals surface area contributed by atoms with Gasteiger partial charge in [-0.25, -0.2) is 19.7 Å². The minimum atomic E-state index is -1.17. The quantitative estimate of drug-likeness (QED) is 0.711. The van der Waals surface area contributed by atoms with Crippen LogP contribution in [0.25, 0.3) is 11.4 Å². The molecule has 0 spiro atoms. The minimum absolute atomic E-state index is 0.148. The largest absolute Gasteiger partial charge is 0.476 e. The lowest BCUT2D eigenvalue weighted by atomic mass is 9.96. The van der Waals surface area contributed by atoms with Crippen LogP contribution >= 0.6 is 0 Å². The number of nitrogens with one attached hydrogen (secondary N) is 1. The highest BCUT2D eigenvalue weighted by Crippen LogP contribution is 2.27. The molecule has 4 rings (SSSR count). The van der Waals surface area contributed by atoms with Crippen molar-refractivity contribution in [2.75, 3.05) is 13.1 Å². The van der Waals surface area contributed by atoms with E-state index in [0.29, 0.717) is 18.9 Å². The molecule has 28 heavy (non-hydrogen) atoms. The molecule has 3 heterocycles. The summed E-state index contributed by atoms with van der Waals surface area (Å²) in [5.74, 6) is 0.286. The van der Waals surface area contributed by atoms with Crippen LogP contribution in [0, 0.1) is 0 Å². The Bertz CT molecular complexity index is 978. The molecule has 1 amide bonds. The van der Waals surface area contributed by atoms with Gasteiger partial charge in [0.05, 0.1) is 12.4 Å². The number of carbonyl (C=O) groups is 2. The van der Waals surface area contributed by atoms with Gasteiger partial charge in [0.2, 0.25) is 0 Å². The predicted molar refractivity (Wildman–Crippen MR) is 98.7 cm³/mol. The lowest BCUT2D eigenvalue weighted by Gasteiger charge is -2.30. The fourth-order valence-corrected chi connectivity index (χ4v) is 3.24. The van der Waals surface area contributed by atoms with E-state index >= 15 is 0 Å². The van der Waals surface area contributed by atoms with Gasteiger partial charge in [0.15, 0.2) is 11.5 Å². The van der Waals surface area contributed by atoms with E-state index in [1.165, 1.54) is 6.20 Å². The number of H-pyrrole nitrogens is 1. The van der Waals surface area contributed by atoms with Gasteiger partial charge < -0.3 is 10.0 Å². The highest BCUT2D eigenvalue weighted by molar-refractivity contribution is 5.92. The first kappa shape index (κ1) is 17.8. The molecule has 0 unspecified atom stereocenters. The van der Waals surface area contributed by atoms with Crippen molar-refractivity contribution < 1.29 is 14.7 Å². The topological polar surface area (TPSA) is 125 Å². The number of carbonyl (C=O) groups excluding carboxylic acids is 1. The Morgan fingerprint density at radius 3 is 2.36 bits per heavy atom. The number of aromatic amines is 1. The first-order valence-electron chi connectivity index (χ1n) is 8.94. The molecule has 3 aromatic rings. The maximum Gasteiger partial charge on any atom is 0.356 e. The molecule has 0 radical (unpaired) electrons. The zero-order chi connectivity index (χ0) is 19.5. The van der Waals surface area contributed by atoms with Crippen LogP contribution in [-0.2, 0) is 0 Å². The monoisotopic (exact) mass is 378 g/mol. The number of carboxylic acid groups (broad SMARTS) is 1. The molecular formula is C19H18N6O3. The van der Waals surface area contributed by atoms with Crippen LogP contribution in [0.15, 0.2) is 42.7 Å². The van der Waals surface area contributed by atoms with E-state index in [1.54, 1.807) is 4.90 Å². The number of amides is 1. The summed E-state index contributed by atoms with van der Waals surface area (Å²) in [7, 11) is 0. The molecule has 1 fully saturated rings. The number of piperidine rings is 1. The van der Waals surface area contributed by atoms with Crippen LogP contribution in [0.4, 0.5) is 0 Å². The van der Waals surface area contributed by atoms with Crippen LogP contribution in [0.2, 0.25) is 0 Å². The Labute approximate surface area is 160 Å². The summed E-state index contributed by atoms with van der Waals surface area (Å²) < 4.78 is 0. The van der Waals surface area contributed by atoms with E-state index in [4.69, 9.17) is 5.11 Å². The van der Waals surface area contributed by atoms with Gasteiger partial charge in [0, 0.05) is 24.6 Å². The number of hydrogen-bond acceptors (Lipinski definition) is 6. The highest BCUT2D eigenvalue weighted by atomic mass is 16.4. The average Bonchev–Trinajstić information content (AvgIpc) is 3.24. The molecule has 9 heteroatoms. The minimum Gasteiger partial charge on any atom is -0.476 e. The lowest BCUT2D eigenvalue weighted by molar-refractivity contribution is 0.0678. The zero-order valence-electron chi connectivity index (χ0n) is 14.9. The van der Waals surface area contributed by atoms with Gasteiger partial charge in [-0.2, -0.15) is 5.10 Å². The summed E-state index contributed by atoms with van der Waals surface area (Å²) in [5.41, 5.74) is 0.922. The molecule has 1 saturated heterocycles. The number of rotatable bonds is 4. The Hall–Kier alpha value is -3.62. The number of aromatic nitrogens is 5. The number of benzene rings is 1. The first-order chi connectivity index (χ1) is 13.6. The smallest absolute Gasteiger partial charge is 0.356 e. The molecule has 2 aromatic heterocycles. The fourth-order valence-electron chi connectivity index (χ4n) is 3.24. The van der Waals surface area contributed by atoms with Gasteiger partial charge in [0.1, 0.15) is 11.5 Å². The summed E-state index contributed by atoms with van der Waals surface area (Å²) in [6.07, 6.45) is 3.83. The lowest BCUT2D eigenvalue weighted by Crippen LogP contribution is -2.38. The third kappa shape index (κ3) is 3.59. The van der Waals surface area contributed by atoms with E-state index < -0.39 is 5.97 Å². The van der Waals surface area contributed by atoms with Crippen molar-refractivity contribution in [3.63, 3.8) is 0 Å². The summed E-state index contributed by atoms with van der Waals surface area (Å²) >= 11 is 0. The van der Waals surface area contributed by atoms with E-state index in [9.17, 15) is 9.59 Å². The summed E-state index contributed by atoms with van der Waals surface area (Å²) in [6.45, 7) is 1.13. The molecule has 1 aromatic carbocycles. The Morgan fingerprint density at radius 1 is 1.04 bits per heavy atom. The molecule has 1 aliphatic rings. The second-order valence-electron chi connectivity index (χ2n) is 6.57. The summed E-state index contributed by atoms with van der Waals surface area (Å²) in [5, 5.41) is 16.2. The van der Waals surface area contributed by atoms with E-state index in [2.05, 4.69) is 25.1 Å². The van der Waals surface area contributed by atoms with Gasteiger partial charge in [-0.15, -0.1) is 0 Å². The van der Waals surface area contributed by atoms with Gasteiger partial charge >= 0.3 is 5.97 Å². The molecular weight excluding hydrogens is 360 g/mol. The Balaban J connectivity index is 1.39. The molecule has 9 nitrogen and oxygen atoms in total. The third-order valence-electron chi connectivity index (χ3n) is 4.79. The zero-order valence-corrected chi connectivity index (χ0v) is 14.9. The number of carboxylic acids is 1. The van der Waals surface area contributed by atoms with Crippen LogP contribution in [0.5, 0.6) is 0 Å². The first-order valence-corrected chi connectivity index (χ1v) is 8.94. The molecule has 142 valence electrons. The van der Waals surface area contributed by atoms with Gasteiger partial charge in [-0.05, 0) is 12.8 Å². The maximum absolute atomic E-state index is 12.6. The number of nitrogens with zero attached hydrogens (tertiary/aromatic N) is 5. The summed E-state index contributed by atoms with van der Waals surface area (Å²) in [4.78, 5) is 37.4. The number of likely N-dealkylation sites (tertiary alicyclic amines) is 1. The molecule has 1 aliphatic heterocycles. The van der Waals surface area contributed by atoms with Crippen molar-refractivity contribution in [1.29, 1.82) is 0 Å².